The normalized spacial score (nSPS) is 12.5. The Hall–Kier alpha value is -0.800. The zero-order valence-corrected chi connectivity index (χ0v) is 13.3. The topological polar surface area (TPSA) is 28.2 Å². The molecular weight excluding hydrogens is 258 g/mol. The van der Waals surface area contributed by atoms with Gasteiger partial charge in [0.1, 0.15) is 5.82 Å². The zero-order chi connectivity index (χ0) is 14.3. The summed E-state index contributed by atoms with van der Waals surface area (Å²) < 4.78 is 0. The van der Waals surface area contributed by atoms with Crippen LogP contribution >= 0.6 is 11.6 Å². The monoisotopic (exact) mass is 283 g/mol. The van der Waals surface area contributed by atoms with Crippen LogP contribution in [0.2, 0.25) is 5.02 Å². The van der Waals surface area contributed by atoms with Crippen LogP contribution in [0, 0.1) is 5.92 Å². The van der Waals surface area contributed by atoms with Gasteiger partial charge in [0, 0.05) is 25.8 Å². The van der Waals surface area contributed by atoms with Crippen molar-refractivity contribution in [2.75, 3.05) is 24.5 Å². The molecule has 0 amide bonds. The molecule has 0 saturated heterocycles. The molecule has 0 spiro atoms. The van der Waals surface area contributed by atoms with Crippen LogP contribution < -0.4 is 10.2 Å². The van der Waals surface area contributed by atoms with Gasteiger partial charge in [-0.15, -0.1) is 0 Å². The average Bonchev–Trinajstić information content (AvgIpc) is 2.42. The maximum atomic E-state index is 6.38. The Kier molecular flexibility index (Phi) is 7.17. The van der Waals surface area contributed by atoms with E-state index in [4.69, 9.17) is 11.6 Å². The summed E-state index contributed by atoms with van der Waals surface area (Å²) in [5.41, 5.74) is 1.13. The van der Waals surface area contributed by atoms with Crippen LogP contribution in [0.25, 0.3) is 0 Å². The quantitative estimate of drug-likeness (QED) is 0.788. The fourth-order valence-electron chi connectivity index (χ4n) is 1.94. The Balaban J connectivity index is 2.80. The van der Waals surface area contributed by atoms with Gasteiger partial charge in [-0.3, -0.25) is 0 Å². The van der Waals surface area contributed by atoms with E-state index < -0.39 is 0 Å². The summed E-state index contributed by atoms with van der Waals surface area (Å²) in [6, 6.07) is 2.02. The minimum Gasteiger partial charge on any atom is -0.355 e. The second-order valence-electron chi connectivity index (χ2n) is 4.98. The second-order valence-corrected chi connectivity index (χ2v) is 5.39. The van der Waals surface area contributed by atoms with E-state index in [1.165, 1.54) is 6.42 Å². The lowest BCUT2D eigenvalue weighted by Gasteiger charge is -2.26. The lowest BCUT2D eigenvalue weighted by Crippen LogP contribution is -2.29. The van der Waals surface area contributed by atoms with Gasteiger partial charge in [0.2, 0.25) is 0 Å². The van der Waals surface area contributed by atoms with Crippen LogP contribution in [0.4, 0.5) is 5.82 Å². The van der Waals surface area contributed by atoms with Crippen molar-refractivity contribution >= 4 is 17.4 Å². The van der Waals surface area contributed by atoms with Crippen LogP contribution in [0.5, 0.6) is 0 Å². The van der Waals surface area contributed by atoms with Crippen LogP contribution in [-0.4, -0.2) is 24.6 Å². The highest BCUT2D eigenvalue weighted by Crippen LogP contribution is 2.25. The number of nitrogens with one attached hydrogen (secondary N) is 1. The molecule has 1 heterocycles. The van der Waals surface area contributed by atoms with Gasteiger partial charge in [0.15, 0.2) is 0 Å². The molecule has 1 atom stereocenters. The minimum atomic E-state index is 0.652. The van der Waals surface area contributed by atoms with E-state index in [1.54, 1.807) is 0 Å². The zero-order valence-electron chi connectivity index (χ0n) is 12.5. The number of pyridine rings is 1. The summed E-state index contributed by atoms with van der Waals surface area (Å²) in [5, 5.41) is 4.03. The second kappa shape index (κ2) is 8.39. The van der Waals surface area contributed by atoms with E-state index in [0.717, 1.165) is 42.6 Å². The first-order valence-electron chi connectivity index (χ1n) is 7.22. The standard InChI is InChI=1S/C15H26ClN3/c1-5-12(4)11-19(7-3)15-14(16)8-13(10-18-15)9-17-6-2/h8,10,12,17H,5-7,9,11H2,1-4H3. The Labute approximate surface area is 122 Å². The third-order valence-corrected chi connectivity index (χ3v) is 3.65. The van der Waals surface area contributed by atoms with Crippen molar-refractivity contribution in [3.63, 3.8) is 0 Å². The Morgan fingerprint density at radius 1 is 1.37 bits per heavy atom. The molecule has 108 valence electrons. The van der Waals surface area contributed by atoms with Gasteiger partial charge in [-0.25, -0.2) is 4.98 Å². The molecule has 3 nitrogen and oxygen atoms in total. The molecule has 0 aliphatic carbocycles. The molecule has 1 unspecified atom stereocenters. The van der Waals surface area contributed by atoms with Gasteiger partial charge >= 0.3 is 0 Å². The number of hydrogen-bond acceptors (Lipinski definition) is 3. The molecule has 0 radical (unpaired) electrons. The van der Waals surface area contributed by atoms with E-state index in [0.29, 0.717) is 5.92 Å². The van der Waals surface area contributed by atoms with Crippen molar-refractivity contribution in [2.45, 2.75) is 40.7 Å². The van der Waals surface area contributed by atoms with Gasteiger partial charge in [-0.2, -0.15) is 0 Å². The molecule has 0 bridgehead atoms. The van der Waals surface area contributed by atoms with E-state index in [9.17, 15) is 0 Å². The van der Waals surface area contributed by atoms with Crippen LogP contribution in [-0.2, 0) is 6.54 Å². The van der Waals surface area contributed by atoms with E-state index in [-0.39, 0.29) is 0 Å². The summed E-state index contributed by atoms with van der Waals surface area (Å²) in [6.07, 6.45) is 3.09. The molecule has 0 fully saturated rings. The number of hydrogen-bond donors (Lipinski definition) is 1. The van der Waals surface area contributed by atoms with Crippen LogP contribution in [0.1, 0.15) is 39.7 Å². The van der Waals surface area contributed by atoms with Crippen molar-refractivity contribution in [1.29, 1.82) is 0 Å². The van der Waals surface area contributed by atoms with Gasteiger partial charge in [-0.05, 0) is 31.0 Å². The molecule has 19 heavy (non-hydrogen) atoms. The number of nitrogens with zero attached hydrogens (tertiary/aromatic N) is 2. The van der Waals surface area contributed by atoms with E-state index >= 15 is 0 Å². The Morgan fingerprint density at radius 2 is 2.11 bits per heavy atom. The molecule has 4 heteroatoms. The Morgan fingerprint density at radius 3 is 2.63 bits per heavy atom. The predicted molar refractivity (Wildman–Crippen MR) is 84.0 cm³/mol. The highest BCUT2D eigenvalue weighted by atomic mass is 35.5. The lowest BCUT2D eigenvalue weighted by molar-refractivity contribution is 0.545. The Bertz CT molecular complexity index is 382. The number of halogens is 1. The third-order valence-electron chi connectivity index (χ3n) is 3.37. The third kappa shape index (κ3) is 5.00. The first-order valence-corrected chi connectivity index (χ1v) is 7.60. The number of anilines is 1. The van der Waals surface area contributed by atoms with Crippen molar-refractivity contribution < 1.29 is 0 Å². The fraction of sp³-hybridized carbons (Fsp3) is 0.667. The van der Waals surface area contributed by atoms with Crippen LogP contribution in [0.15, 0.2) is 12.3 Å². The number of aromatic nitrogens is 1. The van der Waals surface area contributed by atoms with Gasteiger partial charge in [-0.1, -0.05) is 38.8 Å². The summed E-state index contributed by atoms with van der Waals surface area (Å²) in [5.74, 6) is 1.56. The first-order chi connectivity index (χ1) is 9.12. The molecule has 0 aromatic carbocycles. The maximum absolute atomic E-state index is 6.38. The highest BCUT2D eigenvalue weighted by molar-refractivity contribution is 6.33. The van der Waals surface area contributed by atoms with Gasteiger partial charge < -0.3 is 10.2 Å². The lowest BCUT2D eigenvalue weighted by atomic mass is 10.1. The molecule has 0 aliphatic rings. The van der Waals surface area contributed by atoms with Crippen molar-refractivity contribution in [3.05, 3.63) is 22.8 Å². The SMILES string of the molecule is CCNCc1cnc(N(CC)CC(C)CC)c(Cl)c1. The molecular formula is C15H26ClN3. The molecule has 0 saturated carbocycles. The largest absolute Gasteiger partial charge is 0.355 e. The van der Waals surface area contributed by atoms with E-state index in [1.807, 2.05) is 12.3 Å². The van der Waals surface area contributed by atoms with Gasteiger partial charge in [0.25, 0.3) is 0 Å². The number of rotatable bonds is 8. The highest BCUT2D eigenvalue weighted by Gasteiger charge is 2.13. The average molecular weight is 284 g/mol. The molecule has 1 aromatic heterocycles. The molecule has 1 aromatic rings. The molecule has 0 aliphatic heterocycles. The fourth-order valence-corrected chi connectivity index (χ4v) is 2.25. The van der Waals surface area contributed by atoms with Gasteiger partial charge in [0.05, 0.1) is 5.02 Å². The minimum absolute atomic E-state index is 0.652. The van der Waals surface area contributed by atoms with Crippen LogP contribution in [0.3, 0.4) is 0 Å². The van der Waals surface area contributed by atoms with Crippen molar-refractivity contribution in [1.82, 2.24) is 10.3 Å². The summed E-state index contributed by atoms with van der Waals surface area (Å²) in [4.78, 5) is 6.80. The predicted octanol–water partition coefficient (Wildman–Crippen LogP) is 3.72. The first kappa shape index (κ1) is 16.3. The molecule has 1 N–H and O–H groups in total. The van der Waals surface area contributed by atoms with Crippen molar-refractivity contribution in [3.8, 4) is 0 Å². The summed E-state index contributed by atoms with van der Waals surface area (Å²) in [7, 11) is 0. The maximum Gasteiger partial charge on any atom is 0.147 e. The molecule has 1 rings (SSSR count). The smallest absolute Gasteiger partial charge is 0.147 e. The summed E-state index contributed by atoms with van der Waals surface area (Å²) in [6.45, 7) is 12.4. The summed E-state index contributed by atoms with van der Waals surface area (Å²) >= 11 is 6.38. The van der Waals surface area contributed by atoms with E-state index in [2.05, 4.69) is 42.9 Å². The van der Waals surface area contributed by atoms with Crippen molar-refractivity contribution in [2.24, 2.45) is 5.92 Å².